The van der Waals surface area contributed by atoms with E-state index in [-0.39, 0.29) is 5.91 Å². The van der Waals surface area contributed by atoms with E-state index in [2.05, 4.69) is 0 Å². The Morgan fingerprint density at radius 2 is 2.06 bits per heavy atom. The number of nitrogens with zero attached hydrogens (tertiary/aromatic N) is 1. The Kier molecular flexibility index (Phi) is 3.19. The summed E-state index contributed by atoms with van der Waals surface area (Å²) in [4.78, 5) is 25.6. The Hall–Kier alpha value is -1.36. The van der Waals surface area contributed by atoms with E-state index in [1.165, 1.54) is 11.3 Å². The average molecular weight is 253 g/mol. The molecule has 1 amide bonds. The number of rotatable bonds is 2. The number of hydrogen-bond donors (Lipinski definition) is 1. The van der Waals surface area contributed by atoms with Crippen molar-refractivity contribution in [2.75, 3.05) is 13.1 Å². The topological polar surface area (TPSA) is 57.6 Å². The van der Waals surface area contributed by atoms with Gasteiger partial charge in [-0.2, -0.15) is 0 Å². The Bertz CT molecular complexity index is 419. The summed E-state index contributed by atoms with van der Waals surface area (Å²) in [5.74, 6) is -0.742. The van der Waals surface area contributed by atoms with E-state index in [0.717, 1.165) is 4.88 Å². The summed E-state index contributed by atoms with van der Waals surface area (Å²) in [5, 5.41) is 11.0. The molecule has 0 radical (unpaired) electrons. The van der Waals surface area contributed by atoms with Gasteiger partial charge in [-0.15, -0.1) is 11.3 Å². The number of amides is 1. The van der Waals surface area contributed by atoms with Gasteiger partial charge in [-0.1, -0.05) is 6.07 Å². The second-order valence-corrected chi connectivity index (χ2v) is 5.58. The normalized spacial score (nSPS) is 19.0. The van der Waals surface area contributed by atoms with E-state index in [0.29, 0.717) is 25.9 Å². The minimum Gasteiger partial charge on any atom is -0.481 e. The lowest BCUT2D eigenvalue weighted by atomic mass is 9.80. The lowest BCUT2D eigenvalue weighted by Gasteiger charge is -2.36. The molecule has 1 aliphatic rings. The first kappa shape index (κ1) is 12.1. The maximum absolute atomic E-state index is 12.0. The van der Waals surface area contributed by atoms with Crippen molar-refractivity contribution in [3.8, 4) is 0 Å². The molecule has 0 bridgehead atoms. The van der Waals surface area contributed by atoms with E-state index in [1.54, 1.807) is 17.9 Å². The van der Waals surface area contributed by atoms with Crippen molar-refractivity contribution >= 4 is 23.2 Å². The molecule has 1 fully saturated rings. The summed E-state index contributed by atoms with van der Waals surface area (Å²) in [7, 11) is 0. The van der Waals surface area contributed by atoms with E-state index in [9.17, 15) is 9.59 Å². The van der Waals surface area contributed by atoms with Crippen molar-refractivity contribution in [2.45, 2.75) is 19.8 Å². The van der Waals surface area contributed by atoms with Gasteiger partial charge in [0.25, 0.3) is 5.91 Å². The number of aliphatic carboxylic acids is 1. The molecule has 2 rings (SSSR count). The van der Waals surface area contributed by atoms with Crippen LogP contribution in [0.4, 0.5) is 0 Å². The number of carboxylic acids is 1. The molecule has 2 heterocycles. The Labute approximate surface area is 104 Å². The highest BCUT2D eigenvalue weighted by molar-refractivity contribution is 7.12. The predicted octanol–water partition coefficient (Wildman–Crippen LogP) is 2.08. The van der Waals surface area contributed by atoms with Crippen LogP contribution in [-0.4, -0.2) is 35.0 Å². The first-order chi connectivity index (χ1) is 8.03. The molecule has 92 valence electrons. The van der Waals surface area contributed by atoms with Crippen LogP contribution in [0.25, 0.3) is 0 Å². The molecule has 0 aromatic carbocycles. The van der Waals surface area contributed by atoms with Gasteiger partial charge in [0.05, 0.1) is 10.3 Å². The van der Waals surface area contributed by atoms with Crippen LogP contribution in [0, 0.1) is 5.41 Å². The molecule has 1 aromatic rings. The largest absolute Gasteiger partial charge is 0.481 e. The summed E-state index contributed by atoms with van der Waals surface area (Å²) in [5.41, 5.74) is -0.674. The lowest BCUT2D eigenvalue weighted by Crippen LogP contribution is -2.45. The van der Waals surface area contributed by atoms with Crippen LogP contribution in [-0.2, 0) is 4.79 Å². The van der Waals surface area contributed by atoms with Crippen molar-refractivity contribution in [2.24, 2.45) is 5.41 Å². The molecule has 5 heteroatoms. The van der Waals surface area contributed by atoms with Crippen LogP contribution in [0.3, 0.4) is 0 Å². The van der Waals surface area contributed by atoms with Crippen LogP contribution >= 0.6 is 11.3 Å². The molecule has 1 saturated heterocycles. The van der Waals surface area contributed by atoms with Crippen LogP contribution < -0.4 is 0 Å². The van der Waals surface area contributed by atoms with Crippen LogP contribution in [0.2, 0.25) is 0 Å². The zero-order valence-corrected chi connectivity index (χ0v) is 10.5. The fourth-order valence-corrected chi connectivity index (χ4v) is 2.66. The molecule has 17 heavy (non-hydrogen) atoms. The molecule has 0 unspecified atom stereocenters. The highest BCUT2D eigenvalue weighted by Gasteiger charge is 2.38. The van der Waals surface area contributed by atoms with Crippen molar-refractivity contribution in [3.63, 3.8) is 0 Å². The van der Waals surface area contributed by atoms with Gasteiger partial charge in [0.1, 0.15) is 0 Å². The van der Waals surface area contributed by atoms with Gasteiger partial charge in [-0.3, -0.25) is 9.59 Å². The number of carbonyl (C=O) groups excluding carboxylic acids is 1. The van der Waals surface area contributed by atoms with Gasteiger partial charge < -0.3 is 10.0 Å². The van der Waals surface area contributed by atoms with E-state index in [4.69, 9.17) is 5.11 Å². The highest BCUT2D eigenvalue weighted by Crippen LogP contribution is 2.31. The second kappa shape index (κ2) is 4.49. The van der Waals surface area contributed by atoms with Crippen molar-refractivity contribution in [3.05, 3.63) is 22.4 Å². The standard InChI is InChI=1S/C12H15NO3S/c1-12(11(15)16)4-6-13(7-5-12)10(14)9-3-2-8-17-9/h2-3,8H,4-7H2,1H3,(H,15,16). The van der Waals surface area contributed by atoms with Crippen LogP contribution in [0.1, 0.15) is 29.4 Å². The quantitative estimate of drug-likeness (QED) is 0.877. The molecule has 1 aromatic heterocycles. The fraction of sp³-hybridized carbons (Fsp3) is 0.500. The molecule has 0 aliphatic carbocycles. The molecule has 1 aliphatic heterocycles. The number of hydrogen-bond acceptors (Lipinski definition) is 3. The van der Waals surface area contributed by atoms with E-state index in [1.807, 2.05) is 11.4 Å². The van der Waals surface area contributed by atoms with Gasteiger partial charge in [-0.25, -0.2) is 0 Å². The Balaban J connectivity index is 2.00. The highest BCUT2D eigenvalue weighted by atomic mass is 32.1. The maximum Gasteiger partial charge on any atom is 0.309 e. The van der Waals surface area contributed by atoms with Gasteiger partial charge in [0.2, 0.25) is 0 Å². The summed E-state index contributed by atoms with van der Waals surface area (Å²) < 4.78 is 0. The van der Waals surface area contributed by atoms with E-state index < -0.39 is 11.4 Å². The van der Waals surface area contributed by atoms with E-state index >= 15 is 0 Å². The number of carbonyl (C=O) groups is 2. The Morgan fingerprint density at radius 1 is 1.41 bits per heavy atom. The summed E-state index contributed by atoms with van der Waals surface area (Å²) >= 11 is 1.42. The number of piperidine rings is 1. The maximum atomic E-state index is 12.0. The summed E-state index contributed by atoms with van der Waals surface area (Å²) in [6.45, 7) is 2.81. The monoisotopic (exact) mass is 253 g/mol. The van der Waals surface area contributed by atoms with Crippen LogP contribution in [0.15, 0.2) is 17.5 Å². The molecule has 0 atom stereocenters. The number of carboxylic acid groups (broad SMARTS) is 1. The lowest BCUT2D eigenvalue weighted by molar-refractivity contribution is -0.150. The minimum absolute atomic E-state index is 0.0208. The van der Waals surface area contributed by atoms with Crippen molar-refractivity contribution in [1.29, 1.82) is 0 Å². The second-order valence-electron chi connectivity index (χ2n) is 4.64. The number of thiophene rings is 1. The first-order valence-electron chi connectivity index (χ1n) is 5.59. The van der Waals surface area contributed by atoms with Gasteiger partial charge in [0.15, 0.2) is 0 Å². The third-order valence-electron chi connectivity index (χ3n) is 3.40. The molecule has 0 spiro atoms. The third kappa shape index (κ3) is 2.34. The SMILES string of the molecule is CC1(C(=O)O)CCN(C(=O)c2cccs2)CC1. The first-order valence-corrected chi connectivity index (χ1v) is 6.47. The zero-order chi connectivity index (χ0) is 12.5. The summed E-state index contributed by atoms with van der Waals surface area (Å²) in [6, 6.07) is 3.65. The molecule has 1 N–H and O–H groups in total. The van der Waals surface area contributed by atoms with Crippen molar-refractivity contribution < 1.29 is 14.7 Å². The zero-order valence-electron chi connectivity index (χ0n) is 9.68. The number of likely N-dealkylation sites (tertiary alicyclic amines) is 1. The molecule has 0 saturated carbocycles. The van der Waals surface area contributed by atoms with Gasteiger partial charge in [-0.05, 0) is 31.2 Å². The minimum atomic E-state index is -0.763. The molecular formula is C12H15NO3S. The average Bonchev–Trinajstić information content (AvgIpc) is 2.82. The molecule has 4 nitrogen and oxygen atoms in total. The van der Waals surface area contributed by atoms with Gasteiger partial charge >= 0.3 is 5.97 Å². The third-order valence-corrected chi connectivity index (χ3v) is 4.26. The smallest absolute Gasteiger partial charge is 0.309 e. The fourth-order valence-electron chi connectivity index (χ4n) is 1.97. The van der Waals surface area contributed by atoms with Crippen LogP contribution in [0.5, 0.6) is 0 Å². The van der Waals surface area contributed by atoms with Gasteiger partial charge in [0, 0.05) is 13.1 Å². The molecular weight excluding hydrogens is 238 g/mol. The van der Waals surface area contributed by atoms with Crippen molar-refractivity contribution in [1.82, 2.24) is 4.90 Å². The predicted molar refractivity (Wildman–Crippen MR) is 65.2 cm³/mol. The summed E-state index contributed by atoms with van der Waals surface area (Å²) in [6.07, 6.45) is 1.05. The Morgan fingerprint density at radius 3 is 2.53 bits per heavy atom.